The van der Waals surface area contributed by atoms with Crippen LogP contribution in [0.1, 0.15) is 73.6 Å². The van der Waals surface area contributed by atoms with E-state index in [0.29, 0.717) is 28.6 Å². The van der Waals surface area contributed by atoms with Crippen molar-refractivity contribution in [1.29, 1.82) is 0 Å². The second-order valence-corrected chi connectivity index (χ2v) is 14.4. The molecule has 0 aliphatic heterocycles. The van der Waals surface area contributed by atoms with Gasteiger partial charge in [-0.3, -0.25) is 4.90 Å². The molecule has 0 spiro atoms. The summed E-state index contributed by atoms with van der Waals surface area (Å²) in [5.41, 5.74) is -1.07. The number of hydrogen-bond acceptors (Lipinski definition) is 11. The van der Waals surface area contributed by atoms with Crippen LogP contribution in [-0.4, -0.2) is 71.2 Å². The van der Waals surface area contributed by atoms with E-state index in [2.05, 4.69) is 9.97 Å². The Labute approximate surface area is 289 Å². The van der Waals surface area contributed by atoms with Crippen LogP contribution in [0.3, 0.4) is 0 Å². The molecule has 0 bridgehead atoms. The van der Waals surface area contributed by atoms with Gasteiger partial charge in [-0.15, -0.1) is 4.90 Å². The predicted molar refractivity (Wildman–Crippen MR) is 187 cm³/mol. The summed E-state index contributed by atoms with van der Waals surface area (Å²) >= 11 is 0. The average Bonchev–Trinajstić information content (AvgIpc) is 2.95. The molecule has 0 unspecified atom stereocenters. The summed E-state index contributed by atoms with van der Waals surface area (Å²) in [4.78, 5) is 54.3. The van der Waals surface area contributed by atoms with Crippen molar-refractivity contribution < 1.29 is 38.1 Å². The zero-order valence-corrected chi connectivity index (χ0v) is 30.6. The number of rotatable bonds is 9. The van der Waals surface area contributed by atoms with Gasteiger partial charge in [-0.2, -0.15) is 4.98 Å². The van der Waals surface area contributed by atoms with E-state index in [0.717, 1.165) is 11.3 Å². The summed E-state index contributed by atoms with van der Waals surface area (Å²) in [7, 11) is 5.00. The summed E-state index contributed by atoms with van der Waals surface area (Å²) in [6.45, 7) is 16.0. The lowest BCUT2D eigenvalue weighted by molar-refractivity contribution is 0.0426. The largest absolute Gasteiger partial charge is 0.497 e. The maximum atomic E-state index is 13.9. The molecule has 13 nitrogen and oxygen atoms in total. The van der Waals surface area contributed by atoms with Gasteiger partial charge in [0.25, 0.3) is 0 Å². The van der Waals surface area contributed by atoms with E-state index in [9.17, 15) is 14.4 Å². The van der Waals surface area contributed by atoms with Crippen molar-refractivity contribution in [3.8, 4) is 11.5 Å². The summed E-state index contributed by atoms with van der Waals surface area (Å²) in [5, 5.41) is 0. The molecule has 3 rings (SSSR count). The SMILES string of the molecule is COc1ccc(CN(C)Cc2cc(N(C(=O)OC(C)(C)C)c3cccc(OC)c3)nc(N(C(=O)OC(C)(C)C)C(=O)OC(C)(C)C)n2)cc1. The second kappa shape index (κ2) is 15.5. The number of hydrogen-bond donors (Lipinski definition) is 0. The van der Waals surface area contributed by atoms with Crippen LogP contribution in [0.25, 0.3) is 0 Å². The second-order valence-electron chi connectivity index (χ2n) is 14.4. The Morgan fingerprint density at radius 1 is 0.653 bits per heavy atom. The first-order chi connectivity index (χ1) is 22.7. The monoisotopic (exact) mass is 679 g/mol. The van der Waals surface area contributed by atoms with Gasteiger partial charge in [0.15, 0.2) is 0 Å². The molecule has 0 saturated carbocycles. The number of anilines is 3. The number of aromatic nitrogens is 2. The predicted octanol–water partition coefficient (Wildman–Crippen LogP) is 7.88. The van der Waals surface area contributed by atoms with Crippen LogP contribution in [0.4, 0.5) is 31.8 Å². The van der Waals surface area contributed by atoms with Crippen LogP contribution >= 0.6 is 0 Å². The van der Waals surface area contributed by atoms with Gasteiger partial charge < -0.3 is 23.7 Å². The summed E-state index contributed by atoms with van der Waals surface area (Å²) in [6.07, 6.45) is -2.87. The van der Waals surface area contributed by atoms with Gasteiger partial charge in [0, 0.05) is 25.2 Å². The highest BCUT2D eigenvalue weighted by Crippen LogP contribution is 2.32. The molecular weight excluding hydrogens is 630 g/mol. The van der Waals surface area contributed by atoms with Crippen molar-refractivity contribution in [2.45, 2.75) is 92.2 Å². The van der Waals surface area contributed by atoms with E-state index in [4.69, 9.17) is 23.7 Å². The highest BCUT2D eigenvalue weighted by atomic mass is 16.6. The summed E-state index contributed by atoms with van der Waals surface area (Å²) < 4.78 is 27.7. The minimum Gasteiger partial charge on any atom is -0.497 e. The molecule has 2 aromatic carbocycles. The fourth-order valence-electron chi connectivity index (χ4n) is 4.38. The number of nitrogens with zero attached hydrogens (tertiary/aromatic N) is 5. The minimum atomic E-state index is -1.05. The van der Waals surface area contributed by atoms with Crippen molar-refractivity contribution >= 4 is 35.7 Å². The Kier molecular flexibility index (Phi) is 12.2. The molecule has 0 saturated heterocycles. The third-order valence-corrected chi connectivity index (χ3v) is 6.27. The molecule has 0 atom stereocenters. The Morgan fingerprint density at radius 2 is 1.18 bits per heavy atom. The smallest absolute Gasteiger partial charge is 0.427 e. The van der Waals surface area contributed by atoms with Crippen molar-refractivity contribution in [2.24, 2.45) is 0 Å². The third-order valence-electron chi connectivity index (χ3n) is 6.27. The van der Waals surface area contributed by atoms with E-state index >= 15 is 0 Å². The molecule has 49 heavy (non-hydrogen) atoms. The molecule has 0 N–H and O–H groups in total. The van der Waals surface area contributed by atoms with Crippen molar-refractivity contribution in [3.05, 3.63) is 65.9 Å². The normalized spacial score (nSPS) is 11.9. The maximum Gasteiger partial charge on any atom is 0.427 e. The van der Waals surface area contributed by atoms with Crippen LogP contribution in [-0.2, 0) is 27.3 Å². The van der Waals surface area contributed by atoms with Gasteiger partial charge in [-0.1, -0.05) is 18.2 Å². The van der Waals surface area contributed by atoms with Crippen molar-refractivity contribution in [2.75, 3.05) is 31.1 Å². The first-order valence-corrected chi connectivity index (χ1v) is 15.8. The van der Waals surface area contributed by atoms with E-state index < -0.39 is 35.1 Å². The number of ether oxygens (including phenoxy) is 5. The Morgan fingerprint density at radius 3 is 1.69 bits per heavy atom. The zero-order chi connectivity index (χ0) is 36.7. The van der Waals surface area contributed by atoms with Gasteiger partial charge >= 0.3 is 18.3 Å². The standard InChI is InChI=1S/C36H49N5O8/c1-34(2,3)47-31(42)40(26-14-13-15-28(21-26)46-12)29-20-25(23-39(10)22-24-16-18-27(45-11)19-17-24)37-30(38-29)41(32(43)48-35(4,5)6)33(44)49-36(7,8)9/h13-21H,22-23H2,1-12H3. The van der Waals surface area contributed by atoms with Crippen molar-refractivity contribution in [1.82, 2.24) is 14.9 Å². The number of methoxy groups -OCH3 is 2. The van der Waals surface area contributed by atoms with Crippen LogP contribution in [0.15, 0.2) is 54.6 Å². The first-order valence-electron chi connectivity index (χ1n) is 15.8. The number of imide groups is 1. The minimum absolute atomic E-state index is 0.0254. The highest BCUT2D eigenvalue weighted by molar-refractivity contribution is 6.08. The Balaban J connectivity index is 2.25. The van der Waals surface area contributed by atoms with E-state index in [-0.39, 0.29) is 18.3 Å². The number of amides is 3. The van der Waals surface area contributed by atoms with E-state index in [1.165, 1.54) is 12.0 Å². The fourth-order valence-corrected chi connectivity index (χ4v) is 4.38. The van der Waals surface area contributed by atoms with Gasteiger partial charge in [0.1, 0.15) is 34.1 Å². The van der Waals surface area contributed by atoms with Gasteiger partial charge in [0.2, 0.25) is 5.95 Å². The van der Waals surface area contributed by atoms with E-state index in [1.54, 1.807) is 99.8 Å². The van der Waals surface area contributed by atoms with Gasteiger partial charge in [0.05, 0.1) is 25.6 Å². The average molecular weight is 680 g/mol. The molecule has 0 radical (unpaired) electrons. The molecule has 1 aromatic heterocycles. The van der Waals surface area contributed by atoms with Crippen molar-refractivity contribution in [3.63, 3.8) is 0 Å². The Hall–Kier alpha value is -4.91. The summed E-state index contributed by atoms with van der Waals surface area (Å²) in [5.74, 6) is 0.882. The maximum absolute atomic E-state index is 13.9. The van der Waals surface area contributed by atoms with Crippen LogP contribution < -0.4 is 19.3 Å². The molecule has 13 heteroatoms. The lowest BCUT2D eigenvalue weighted by Crippen LogP contribution is -2.45. The Bertz CT molecular complexity index is 1580. The summed E-state index contributed by atoms with van der Waals surface area (Å²) in [6, 6.07) is 16.0. The van der Waals surface area contributed by atoms with Crippen LogP contribution in [0, 0.1) is 0 Å². The molecule has 0 fully saturated rings. The fraction of sp³-hybridized carbons (Fsp3) is 0.472. The molecule has 3 aromatic rings. The number of carbonyl (C=O) groups excluding carboxylic acids is 3. The lowest BCUT2D eigenvalue weighted by Gasteiger charge is -2.30. The quantitative estimate of drug-likeness (QED) is 0.205. The van der Waals surface area contributed by atoms with Crippen LogP contribution in [0.2, 0.25) is 0 Å². The van der Waals surface area contributed by atoms with E-state index in [1.807, 2.05) is 36.2 Å². The molecule has 0 aliphatic rings. The third kappa shape index (κ3) is 11.9. The molecule has 0 aliphatic carbocycles. The highest BCUT2D eigenvalue weighted by Gasteiger charge is 2.36. The first kappa shape index (κ1) is 38.5. The number of benzene rings is 2. The molecule has 266 valence electrons. The lowest BCUT2D eigenvalue weighted by atomic mass is 10.2. The van der Waals surface area contributed by atoms with Gasteiger partial charge in [-0.05, 0) is 99.2 Å². The zero-order valence-electron chi connectivity index (χ0n) is 30.6. The molecule has 1 heterocycles. The van der Waals surface area contributed by atoms with Crippen LogP contribution in [0.5, 0.6) is 11.5 Å². The molecule has 3 amide bonds. The number of carbonyl (C=O) groups is 3. The topological polar surface area (TPSA) is 133 Å². The van der Waals surface area contributed by atoms with Gasteiger partial charge in [-0.25, -0.2) is 24.3 Å². The molecular formula is C36H49N5O8.